The fourth-order valence-electron chi connectivity index (χ4n) is 2.01. The third-order valence-corrected chi connectivity index (χ3v) is 4.71. The molecule has 0 aromatic carbocycles. The second-order valence-electron chi connectivity index (χ2n) is 6.77. The summed E-state index contributed by atoms with van der Waals surface area (Å²) < 4.78 is 33.1. The highest BCUT2D eigenvalue weighted by atomic mass is 31.1. The van der Waals surface area contributed by atoms with Crippen molar-refractivity contribution >= 4 is 20.1 Å². The van der Waals surface area contributed by atoms with Crippen molar-refractivity contribution < 1.29 is 33.1 Å². The van der Waals surface area contributed by atoms with Crippen molar-refractivity contribution in [3.63, 3.8) is 0 Å². The van der Waals surface area contributed by atoms with Crippen molar-refractivity contribution in [2.45, 2.75) is 59.4 Å². The first kappa shape index (κ1) is 25.2. The van der Waals surface area contributed by atoms with Gasteiger partial charge in [0.2, 0.25) is 0 Å². The molecule has 0 saturated carbocycles. The van der Waals surface area contributed by atoms with E-state index in [0.717, 1.165) is 0 Å². The van der Waals surface area contributed by atoms with Gasteiger partial charge in [0, 0.05) is 24.5 Å². The molecule has 0 bridgehead atoms. The maximum atomic E-state index is 12.5. The number of carbonyl (C=O) groups is 2. The van der Waals surface area contributed by atoms with Crippen molar-refractivity contribution in [1.82, 2.24) is 9.55 Å². The Bertz CT molecular complexity index is 878. The molecular weight excluding hydrogens is 419 g/mol. The molecule has 1 heterocycles. The first-order chi connectivity index (χ1) is 14.0. The number of carbonyl (C=O) groups excluding carboxylic acids is 2. The Balaban J connectivity index is 2.77. The summed E-state index contributed by atoms with van der Waals surface area (Å²) in [5, 5.41) is 0. The third-order valence-electron chi connectivity index (χ3n) is 3.31. The predicted molar refractivity (Wildman–Crippen MR) is 108 cm³/mol. The van der Waals surface area contributed by atoms with Crippen LogP contribution in [0.5, 0.6) is 0 Å². The van der Waals surface area contributed by atoms with Crippen LogP contribution in [0, 0.1) is 6.92 Å². The van der Waals surface area contributed by atoms with Crippen LogP contribution in [0.25, 0.3) is 0 Å². The molecule has 1 rings (SSSR count). The largest absolute Gasteiger partial charge is 0.512 e. The van der Waals surface area contributed by atoms with Crippen LogP contribution >= 0.6 is 7.80 Å². The molecule has 1 aromatic rings. The van der Waals surface area contributed by atoms with Crippen LogP contribution in [-0.2, 0) is 30.1 Å². The first-order valence-electron chi connectivity index (χ1n) is 9.22. The van der Waals surface area contributed by atoms with Crippen LogP contribution in [0.4, 0.5) is 9.59 Å². The highest BCUT2D eigenvalue weighted by Gasteiger charge is 2.27. The van der Waals surface area contributed by atoms with E-state index in [9.17, 15) is 23.7 Å². The fourth-order valence-corrected chi connectivity index (χ4v) is 3.06. The van der Waals surface area contributed by atoms with Gasteiger partial charge in [-0.05, 0) is 34.6 Å². The second-order valence-corrected chi connectivity index (χ2v) is 8.58. The standard InChI is InChI=1S/C18H27N2O9P/c1-11(2)26-16(23)28-18(29-17(24)27-12(3)4)30(25)9-7-6-8-20-10-13(5)14(21)19-15(20)22/h6-7,10-12,18,30H,8-9H2,1-5H3,(H,19,21,22)/b7-6+. The lowest BCUT2D eigenvalue weighted by molar-refractivity contribution is -0.0715. The second kappa shape index (κ2) is 12.0. The lowest BCUT2D eigenvalue weighted by Crippen LogP contribution is -2.30. The minimum atomic E-state index is -2.80. The maximum absolute atomic E-state index is 12.5. The monoisotopic (exact) mass is 446 g/mol. The van der Waals surface area contributed by atoms with Gasteiger partial charge in [-0.1, -0.05) is 12.2 Å². The number of aromatic nitrogens is 2. The molecule has 0 radical (unpaired) electrons. The van der Waals surface area contributed by atoms with E-state index < -0.39 is 49.6 Å². The SMILES string of the molecule is Cc1cn(C/C=C/C[PH](=O)C(OC(=O)OC(C)C)OC(=O)OC(C)C)c(=O)[nH]c1=O. The van der Waals surface area contributed by atoms with Gasteiger partial charge in [0.15, 0.2) is 7.80 Å². The number of aryl methyl sites for hydroxylation is 1. The Hall–Kier alpha value is -2.81. The van der Waals surface area contributed by atoms with Crippen LogP contribution < -0.4 is 11.2 Å². The van der Waals surface area contributed by atoms with Gasteiger partial charge in [-0.15, -0.1) is 0 Å². The Labute approximate surface area is 173 Å². The number of aromatic amines is 1. The molecule has 1 N–H and O–H groups in total. The molecule has 0 aliphatic rings. The van der Waals surface area contributed by atoms with E-state index in [0.29, 0.717) is 5.56 Å². The Morgan fingerprint density at radius 2 is 1.57 bits per heavy atom. The van der Waals surface area contributed by atoms with Crippen molar-refractivity contribution in [1.29, 1.82) is 0 Å². The molecule has 11 nitrogen and oxygen atoms in total. The third kappa shape index (κ3) is 9.13. The van der Waals surface area contributed by atoms with Crippen molar-refractivity contribution in [3.8, 4) is 0 Å². The van der Waals surface area contributed by atoms with E-state index in [1.807, 2.05) is 0 Å². The van der Waals surface area contributed by atoms with Crippen LogP contribution in [0.3, 0.4) is 0 Å². The van der Waals surface area contributed by atoms with Gasteiger partial charge in [-0.3, -0.25) is 14.3 Å². The van der Waals surface area contributed by atoms with Gasteiger partial charge in [0.1, 0.15) is 0 Å². The number of hydrogen-bond acceptors (Lipinski definition) is 9. The molecule has 12 heteroatoms. The number of H-pyrrole nitrogens is 1. The van der Waals surface area contributed by atoms with Gasteiger partial charge >= 0.3 is 24.0 Å². The molecule has 168 valence electrons. The molecule has 0 aliphatic carbocycles. The summed E-state index contributed by atoms with van der Waals surface area (Å²) in [6.45, 7) is 8.05. The lowest BCUT2D eigenvalue weighted by atomic mass is 10.4. The summed E-state index contributed by atoms with van der Waals surface area (Å²) in [5.41, 5.74) is -0.685. The number of nitrogens with one attached hydrogen (secondary N) is 1. The van der Waals surface area contributed by atoms with E-state index >= 15 is 0 Å². The normalized spacial score (nSPS) is 12.4. The average Bonchev–Trinajstić information content (AvgIpc) is 2.60. The van der Waals surface area contributed by atoms with Crippen LogP contribution in [0.1, 0.15) is 33.3 Å². The smallest absolute Gasteiger partial charge is 0.431 e. The van der Waals surface area contributed by atoms with Crippen molar-refractivity contribution in [2.75, 3.05) is 6.16 Å². The van der Waals surface area contributed by atoms with Gasteiger partial charge < -0.3 is 23.5 Å². The van der Waals surface area contributed by atoms with Gasteiger partial charge in [-0.2, -0.15) is 0 Å². The van der Waals surface area contributed by atoms with E-state index in [-0.39, 0.29) is 12.7 Å². The topological polar surface area (TPSA) is 143 Å². The fraction of sp³-hybridized carbons (Fsp3) is 0.556. The molecule has 0 fully saturated rings. The zero-order chi connectivity index (χ0) is 22.8. The maximum Gasteiger partial charge on any atom is 0.512 e. The molecule has 0 saturated heterocycles. The van der Waals surface area contributed by atoms with Crippen LogP contribution in [0.15, 0.2) is 27.9 Å². The first-order valence-corrected chi connectivity index (χ1v) is 10.9. The van der Waals surface area contributed by atoms with E-state index in [1.165, 1.54) is 22.9 Å². The highest BCUT2D eigenvalue weighted by molar-refractivity contribution is 7.45. The summed E-state index contributed by atoms with van der Waals surface area (Å²) >= 11 is 0. The summed E-state index contributed by atoms with van der Waals surface area (Å²) in [4.78, 5) is 48.7. The molecule has 1 aromatic heterocycles. The van der Waals surface area contributed by atoms with Gasteiger partial charge in [0.25, 0.3) is 5.56 Å². The predicted octanol–water partition coefficient (Wildman–Crippen LogP) is 2.37. The molecular formula is C18H27N2O9P. The summed E-state index contributed by atoms with van der Waals surface area (Å²) in [5.74, 6) is 0. The minimum absolute atomic E-state index is 0.0870. The van der Waals surface area contributed by atoms with E-state index in [4.69, 9.17) is 18.9 Å². The molecule has 0 aliphatic heterocycles. The zero-order valence-electron chi connectivity index (χ0n) is 17.5. The number of hydrogen-bond donors (Lipinski definition) is 1. The highest BCUT2D eigenvalue weighted by Crippen LogP contribution is 2.31. The minimum Gasteiger partial charge on any atom is -0.431 e. The number of rotatable bonds is 9. The Kier molecular flexibility index (Phi) is 10.1. The summed E-state index contributed by atoms with van der Waals surface area (Å²) in [6.07, 6.45) is 1.09. The number of nitrogens with zero attached hydrogens (tertiary/aromatic N) is 1. The number of ether oxygens (including phenoxy) is 4. The van der Waals surface area contributed by atoms with E-state index in [1.54, 1.807) is 34.6 Å². The number of allylic oxidation sites excluding steroid dienone is 2. The summed E-state index contributed by atoms with van der Waals surface area (Å²) in [6, 6.07) is -1.67. The lowest BCUT2D eigenvalue weighted by Gasteiger charge is -2.18. The van der Waals surface area contributed by atoms with Gasteiger partial charge in [0.05, 0.1) is 12.2 Å². The average molecular weight is 446 g/mol. The van der Waals surface area contributed by atoms with Gasteiger partial charge in [-0.25, -0.2) is 14.4 Å². The van der Waals surface area contributed by atoms with Crippen molar-refractivity contribution in [3.05, 3.63) is 44.8 Å². The summed E-state index contributed by atoms with van der Waals surface area (Å²) in [7, 11) is -2.80. The quantitative estimate of drug-likeness (QED) is 0.262. The van der Waals surface area contributed by atoms with Crippen LogP contribution in [-0.4, -0.2) is 46.3 Å². The van der Waals surface area contributed by atoms with Crippen molar-refractivity contribution in [2.24, 2.45) is 0 Å². The Morgan fingerprint density at radius 3 is 2.07 bits per heavy atom. The van der Waals surface area contributed by atoms with Crippen LogP contribution in [0.2, 0.25) is 0 Å². The molecule has 30 heavy (non-hydrogen) atoms. The molecule has 1 unspecified atom stereocenters. The molecule has 0 spiro atoms. The zero-order valence-corrected chi connectivity index (χ0v) is 18.5. The Morgan fingerprint density at radius 1 is 1.03 bits per heavy atom. The molecule has 1 atom stereocenters. The molecule has 0 amide bonds. The van der Waals surface area contributed by atoms with E-state index in [2.05, 4.69) is 4.98 Å².